The van der Waals surface area contributed by atoms with E-state index in [0.29, 0.717) is 12.3 Å². The van der Waals surface area contributed by atoms with Crippen molar-refractivity contribution >= 4 is 23.2 Å². The van der Waals surface area contributed by atoms with Gasteiger partial charge in [-0.2, -0.15) is 13.2 Å². The Morgan fingerprint density at radius 3 is 2.44 bits per heavy atom. The highest BCUT2D eigenvalue weighted by atomic mass is 35.5. The standard InChI is InChI=1S/C17H16ClF3N2O2/c1-25-13-5-2-11(3-6-13)9-22-10-16(24)23-15-7-4-12(18)8-14(15)17(19,20)21/h2-8,22H,9-10H2,1H3,(H,23,24). The highest BCUT2D eigenvalue weighted by molar-refractivity contribution is 6.30. The molecule has 2 N–H and O–H groups in total. The van der Waals surface area contributed by atoms with Gasteiger partial charge in [-0.25, -0.2) is 0 Å². The summed E-state index contributed by atoms with van der Waals surface area (Å²) in [6, 6.07) is 10.4. The van der Waals surface area contributed by atoms with Crippen molar-refractivity contribution in [2.75, 3.05) is 19.0 Å². The minimum absolute atomic E-state index is 0.0528. The fourth-order valence-electron chi connectivity index (χ4n) is 2.12. The van der Waals surface area contributed by atoms with Crippen LogP contribution in [0.3, 0.4) is 0 Å². The number of carbonyl (C=O) groups is 1. The van der Waals surface area contributed by atoms with Crippen LogP contribution in [0.1, 0.15) is 11.1 Å². The van der Waals surface area contributed by atoms with Gasteiger partial charge in [0.25, 0.3) is 0 Å². The first-order valence-corrected chi connectivity index (χ1v) is 7.67. The second-order valence-electron chi connectivity index (χ2n) is 5.19. The summed E-state index contributed by atoms with van der Waals surface area (Å²) in [6.45, 7) is 0.260. The Labute approximate surface area is 147 Å². The van der Waals surface area contributed by atoms with E-state index < -0.39 is 17.6 Å². The van der Waals surface area contributed by atoms with Gasteiger partial charge in [-0.3, -0.25) is 4.79 Å². The van der Waals surface area contributed by atoms with Gasteiger partial charge >= 0.3 is 6.18 Å². The maximum atomic E-state index is 13.0. The monoisotopic (exact) mass is 372 g/mol. The maximum Gasteiger partial charge on any atom is 0.418 e. The number of alkyl halides is 3. The van der Waals surface area contributed by atoms with Crippen molar-refractivity contribution in [2.24, 2.45) is 0 Å². The number of nitrogens with one attached hydrogen (secondary N) is 2. The Balaban J connectivity index is 1.92. The van der Waals surface area contributed by atoms with Crippen molar-refractivity contribution in [3.8, 4) is 5.75 Å². The van der Waals surface area contributed by atoms with Crippen LogP contribution in [-0.4, -0.2) is 19.6 Å². The van der Waals surface area contributed by atoms with E-state index in [1.807, 2.05) is 12.1 Å². The predicted octanol–water partition coefficient (Wildman–Crippen LogP) is 4.10. The minimum atomic E-state index is -4.61. The molecule has 0 aliphatic rings. The second-order valence-corrected chi connectivity index (χ2v) is 5.62. The maximum absolute atomic E-state index is 13.0. The number of methoxy groups -OCH3 is 1. The molecule has 134 valence electrons. The molecule has 1 amide bonds. The Morgan fingerprint density at radius 2 is 1.84 bits per heavy atom. The molecule has 2 aromatic rings. The average molecular weight is 373 g/mol. The van der Waals surface area contributed by atoms with Crippen LogP contribution in [-0.2, 0) is 17.5 Å². The second kappa shape index (κ2) is 8.22. The van der Waals surface area contributed by atoms with Crippen LogP contribution < -0.4 is 15.4 Å². The highest BCUT2D eigenvalue weighted by Gasteiger charge is 2.34. The smallest absolute Gasteiger partial charge is 0.418 e. The zero-order valence-electron chi connectivity index (χ0n) is 13.3. The highest BCUT2D eigenvalue weighted by Crippen LogP contribution is 2.36. The third-order valence-electron chi connectivity index (χ3n) is 3.33. The lowest BCUT2D eigenvalue weighted by molar-refractivity contribution is -0.137. The van der Waals surface area contributed by atoms with E-state index in [2.05, 4.69) is 10.6 Å². The van der Waals surface area contributed by atoms with E-state index in [4.69, 9.17) is 16.3 Å². The average Bonchev–Trinajstić information content (AvgIpc) is 2.56. The normalized spacial score (nSPS) is 11.2. The Hall–Kier alpha value is -2.25. The first kappa shape index (κ1) is 19.1. The van der Waals surface area contributed by atoms with Gasteiger partial charge in [-0.05, 0) is 35.9 Å². The first-order valence-electron chi connectivity index (χ1n) is 7.30. The molecule has 4 nitrogen and oxygen atoms in total. The topological polar surface area (TPSA) is 50.4 Å². The molecule has 2 aromatic carbocycles. The van der Waals surface area contributed by atoms with Crippen LogP contribution in [0, 0.1) is 0 Å². The molecule has 0 unspecified atom stereocenters. The molecular weight excluding hydrogens is 357 g/mol. The molecule has 0 bridgehead atoms. The van der Waals surface area contributed by atoms with Gasteiger partial charge in [0, 0.05) is 11.6 Å². The predicted molar refractivity (Wildman–Crippen MR) is 89.8 cm³/mol. The van der Waals surface area contributed by atoms with Gasteiger partial charge in [-0.15, -0.1) is 0 Å². The lowest BCUT2D eigenvalue weighted by Gasteiger charge is -2.14. The number of ether oxygens (including phenoxy) is 1. The SMILES string of the molecule is COc1ccc(CNCC(=O)Nc2ccc(Cl)cc2C(F)(F)F)cc1. The van der Waals surface area contributed by atoms with Crippen LogP contribution in [0.4, 0.5) is 18.9 Å². The summed E-state index contributed by atoms with van der Waals surface area (Å²) in [5.74, 6) is 0.130. The number of amides is 1. The van der Waals surface area contributed by atoms with E-state index in [0.717, 1.165) is 17.7 Å². The zero-order valence-corrected chi connectivity index (χ0v) is 14.0. The van der Waals surface area contributed by atoms with E-state index in [1.165, 1.54) is 6.07 Å². The van der Waals surface area contributed by atoms with Gasteiger partial charge in [0.1, 0.15) is 5.75 Å². The van der Waals surface area contributed by atoms with E-state index in [1.54, 1.807) is 19.2 Å². The first-order chi connectivity index (χ1) is 11.8. The summed E-state index contributed by atoms with van der Waals surface area (Å²) in [5, 5.41) is 5.06. The molecule has 0 heterocycles. The molecule has 0 aliphatic heterocycles. The van der Waals surface area contributed by atoms with Crippen molar-refractivity contribution in [3.05, 3.63) is 58.6 Å². The Bertz CT molecular complexity index is 734. The summed E-state index contributed by atoms with van der Waals surface area (Å²) in [5.41, 5.74) is -0.396. The van der Waals surface area contributed by atoms with Crippen molar-refractivity contribution in [1.82, 2.24) is 5.32 Å². The Morgan fingerprint density at radius 1 is 1.16 bits per heavy atom. The molecule has 0 atom stereocenters. The number of halogens is 4. The number of rotatable bonds is 6. The molecule has 2 rings (SSSR count). The molecule has 25 heavy (non-hydrogen) atoms. The number of benzene rings is 2. The summed E-state index contributed by atoms with van der Waals surface area (Å²) in [6.07, 6.45) is -4.61. The molecule has 0 spiro atoms. The lowest BCUT2D eigenvalue weighted by atomic mass is 10.1. The Kier molecular flexibility index (Phi) is 6.27. The number of hydrogen-bond donors (Lipinski definition) is 2. The van der Waals surface area contributed by atoms with E-state index in [9.17, 15) is 18.0 Å². The van der Waals surface area contributed by atoms with Crippen molar-refractivity contribution in [3.63, 3.8) is 0 Å². The zero-order chi connectivity index (χ0) is 18.4. The third-order valence-corrected chi connectivity index (χ3v) is 3.57. The quantitative estimate of drug-likeness (QED) is 0.802. The van der Waals surface area contributed by atoms with Crippen LogP contribution in [0.5, 0.6) is 5.75 Å². The molecule has 8 heteroatoms. The molecule has 0 fully saturated rings. The van der Waals surface area contributed by atoms with Crippen LogP contribution >= 0.6 is 11.6 Å². The molecule has 0 saturated carbocycles. The van der Waals surface area contributed by atoms with Crippen molar-refractivity contribution in [2.45, 2.75) is 12.7 Å². The molecular formula is C17H16ClF3N2O2. The van der Waals surface area contributed by atoms with Gasteiger partial charge in [0.2, 0.25) is 5.91 Å². The molecule has 0 aliphatic carbocycles. The molecule has 0 saturated heterocycles. The van der Waals surface area contributed by atoms with E-state index in [-0.39, 0.29) is 17.3 Å². The molecule has 0 radical (unpaired) electrons. The number of anilines is 1. The van der Waals surface area contributed by atoms with Gasteiger partial charge in [0.15, 0.2) is 0 Å². The lowest BCUT2D eigenvalue weighted by Crippen LogP contribution is -2.28. The number of hydrogen-bond acceptors (Lipinski definition) is 3. The van der Waals surface area contributed by atoms with Gasteiger partial charge in [0.05, 0.1) is 24.9 Å². The van der Waals surface area contributed by atoms with Gasteiger partial charge in [-0.1, -0.05) is 23.7 Å². The van der Waals surface area contributed by atoms with Crippen molar-refractivity contribution in [1.29, 1.82) is 0 Å². The third kappa shape index (κ3) is 5.65. The molecule has 0 aromatic heterocycles. The number of carbonyl (C=O) groups excluding carboxylic acids is 1. The summed E-state index contributed by atoms with van der Waals surface area (Å²) < 4.78 is 44.0. The largest absolute Gasteiger partial charge is 0.497 e. The van der Waals surface area contributed by atoms with Crippen LogP contribution in [0.2, 0.25) is 5.02 Å². The van der Waals surface area contributed by atoms with Crippen LogP contribution in [0.15, 0.2) is 42.5 Å². The summed E-state index contributed by atoms with van der Waals surface area (Å²) in [7, 11) is 1.56. The van der Waals surface area contributed by atoms with Crippen LogP contribution in [0.25, 0.3) is 0 Å². The van der Waals surface area contributed by atoms with Gasteiger partial charge < -0.3 is 15.4 Å². The summed E-state index contributed by atoms with van der Waals surface area (Å²) >= 11 is 5.60. The fraction of sp³-hybridized carbons (Fsp3) is 0.235. The fourth-order valence-corrected chi connectivity index (χ4v) is 2.29. The van der Waals surface area contributed by atoms with E-state index >= 15 is 0 Å². The van der Waals surface area contributed by atoms with Crippen molar-refractivity contribution < 1.29 is 22.7 Å². The summed E-state index contributed by atoms with van der Waals surface area (Å²) in [4.78, 5) is 11.9. The minimum Gasteiger partial charge on any atom is -0.497 e.